The van der Waals surface area contributed by atoms with Gasteiger partial charge in [-0.05, 0) is 55.3 Å². The highest BCUT2D eigenvalue weighted by molar-refractivity contribution is 6.54. The molecule has 1 fully saturated rings. The molecule has 0 aliphatic carbocycles. The van der Waals surface area contributed by atoms with Gasteiger partial charge in [-0.3, -0.25) is 9.69 Å². The number of carbonyl (C=O) groups is 1. The van der Waals surface area contributed by atoms with Crippen molar-refractivity contribution in [3.63, 3.8) is 0 Å². The molecule has 0 aromatic heterocycles. The van der Waals surface area contributed by atoms with E-state index in [0.717, 1.165) is 43.1 Å². The van der Waals surface area contributed by atoms with Gasteiger partial charge in [0, 0.05) is 11.3 Å². The van der Waals surface area contributed by atoms with Crippen molar-refractivity contribution >= 4 is 28.7 Å². The number of para-hydroxylation sites is 2. The number of rotatable bonds is 4. The van der Waals surface area contributed by atoms with Gasteiger partial charge in [-0.2, -0.15) is 0 Å². The van der Waals surface area contributed by atoms with Gasteiger partial charge in [0.1, 0.15) is 5.71 Å². The van der Waals surface area contributed by atoms with Gasteiger partial charge < -0.3 is 9.80 Å². The molecule has 0 spiro atoms. The molecule has 0 radical (unpaired) electrons. The van der Waals surface area contributed by atoms with Crippen LogP contribution in [0.15, 0.2) is 77.8 Å². The number of piperazine rings is 1. The maximum Gasteiger partial charge on any atom is 0.281 e. The Hall–Kier alpha value is -3.44. The number of benzene rings is 3. The fourth-order valence-electron chi connectivity index (χ4n) is 4.55. The van der Waals surface area contributed by atoms with Gasteiger partial charge in [0.25, 0.3) is 5.91 Å². The molecule has 3 aromatic rings. The lowest BCUT2D eigenvalue weighted by Crippen LogP contribution is -3.16. The van der Waals surface area contributed by atoms with Gasteiger partial charge in [-0.25, -0.2) is 4.99 Å². The van der Waals surface area contributed by atoms with Crippen molar-refractivity contribution in [2.75, 3.05) is 42.6 Å². The van der Waals surface area contributed by atoms with Gasteiger partial charge in [0.15, 0.2) is 6.67 Å². The number of aryl methyl sites for hydroxylation is 2. The standard InChI is InChI=1S/C27H28N4O/c1-20-12-13-22(18-21(20)2)28-26-24-10-6-7-11-25(24)31(27(26)32)19-29-14-16-30(17-15-29)23-8-4-3-5-9-23/h3-13,18H,14-17,19H2,1-2H3/p+1. The zero-order chi connectivity index (χ0) is 22.1. The maximum atomic E-state index is 13.4. The number of aliphatic imine (C=N–C) groups is 1. The average molecular weight is 426 g/mol. The Balaban J connectivity index is 1.35. The van der Waals surface area contributed by atoms with Crippen LogP contribution in [0.25, 0.3) is 0 Å². The number of amides is 1. The molecule has 5 nitrogen and oxygen atoms in total. The second kappa shape index (κ2) is 8.60. The largest absolute Gasteiger partial charge is 0.360 e. The normalized spacial score (nSPS) is 17.8. The van der Waals surface area contributed by atoms with Gasteiger partial charge in [0.05, 0.1) is 37.6 Å². The van der Waals surface area contributed by atoms with Crippen molar-refractivity contribution in [3.05, 3.63) is 89.5 Å². The highest BCUT2D eigenvalue weighted by Crippen LogP contribution is 2.30. The van der Waals surface area contributed by atoms with Crippen molar-refractivity contribution in [1.29, 1.82) is 0 Å². The van der Waals surface area contributed by atoms with Gasteiger partial charge in [-0.15, -0.1) is 0 Å². The van der Waals surface area contributed by atoms with E-state index in [1.165, 1.54) is 21.7 Å². The molecule has 1 saturated heterocycles. The minimum absolute atomic E-state index is 0.00224. The lowest BCUT2D eigenvalue weighted by molar-refractivity contribution is -0.899. The molecule has 3 aromatic carbocycles. The first kappa shape index (κ1) is 20.5. The summed E-state index contributed by atoms with van der Waals surface area (Å²) in [5, 5.41) is 0. The first-order valence-electron chi connectivity index (χ1n) is 11.3. The van der Waals surface area contributed by atoms with Crippen LogP contribution in [0.4, 0.5) is 17.1 Å². The molecule has 2 heterocycles. The summed E-state index contributed by atoms with van der Waals surface area (Å²) in [6, 6.07) is 24.7. The second-order valence-electron chi connectivity index (χ2n) is 8.71. The summed E-state index contributed by atoms with van der Waals surface area (Å²) in [7, 11) is 0. The Morgan fingerprint density at radius 3 is 2.34 bits per heavy atom. The maximum absolute atomic E-state index is 13.4. The minimum Gasteiger partial charge on any atom is -0.360 e. The molecule has 162 valence electrons. The van der Waals surface area contributed by atoms with E-state index in [1.807, 2.05) is 35.2 Å². The summed E-state index contributed by atoms with van der Waals surface area (Å²) >= 11 is 0. The molecular weight excluding hydrogens is 396 g/mol. The molecule has 5 rings (SSSR count). The number of nitrogens with zero attached hydrogens (tertiary/aromatic N) is 3. The molecule has 2 aliphatic heterocycles. The van der Waals surface area contributed by atoms with Crippen molar-refractivity contribution in [3.8, 4) is 0 Å². The quantitative estimate of drug-likeness (QED) is 0.698. The Morgan fingerprint density at radius 1 is 0.875 bits per heavy atom. The third-order valence-corrected chi connectivity index (χ3v) is 6.60. The molecular formula is C27H29N4O+. The topological polar surface area (TPSA) is 40.4 Å². The van der Waals surface area contributed by atoms with E-state index in [-0.39, 0.29) is 5.91 Å². The van der Waals surface area contributed by atoms with Crippen LogP contribution in [0.2, 0.25) is 0 Å². The predicted octanol–water partition coefficient (Wildman–Crippen LogP) is 3.13. The van der Waals surface area contributed by atoms with Crippen molar-refractivity contribution in [2.45, 2.75) is 13.8 Å². The Labute approximate surface area is 189 Å². The van der Waals surface area contributed by atoms with Gasteiger partial charge in [0.2, 0.25) is 0 Å². The van der Waals surface area contributed by atoms with E-state index in [2.05, 4.69) is 61.2 Å². The third-order valence-electron chi connectivity index (χ3n) is 6.60. The lowest BCUT2D eigenvalue weighted by atomic mass is 10.1. The molecule has 0 bridgehead atoms. The zero-order valence-electron chi connectivity index (χ0n) is 18.7. The van der Waals surface area contributed by atoms with Crippen LogP contribution in [-0.2, 0) is 4.79 Å². The highest BCUT2D eigenvalue weighted by atomic mass is 16.2. The van der Waals surface area contributed by atoms with E-state index < -0.39 is 0 Å². The van der Waals surface area contributed by atoms with Gasteiger partial charge >= 0.3 is 0 Å². The van der Waals surface area contributed by atoms with Crippen molar-refractivity contribution in [1.82, 2.24) is 0 Å². The molecule has 1 amide bonds. The fourth-order valence-corrected chi connectivity index (χ4v) is 4.55. The first-order valence-corrected chi connectivity index (χ1v) is 11.3. The fraction of sp³-hybridized carbons (Fsp3) is 0.259. The first-order chi connectivity index (χ1) is 15.6. The summed E-state index contributed by atoms with van der Waals surface area (Å²) in [5.41, 5.74) is 6.96. The van der Waals surface area contributed by atoms with E-state index in [0.29, 0.717) is 12.4 Å². The Bertz CT molecular complexity index is 1160. The summed E-state index contributed by atoms with van der Waals surface area (Å²) < 4.78 is 0. The van der Waals surface area contributed by atoms with E-state index in [9.17, 15) is 4.79 Å². The number of nitrogens with one attached hydrogen (secondary N) is 1. The second-order valence-corrected chi connectivity index (χ2v) is 8.71. The smallest absolute Gasteiger partial charge is 0.281 e. The van der Waals surface area contributed by atoms with E-state index in [4.69, 9.17) is 4.99 Å². The molecule has 0 atom stereocenters. The van der Waals surface area contributed by atoms with Crippen molar-refractivity contribution in [2.24, 2.45) is 4.99 Å². The molecule has 0 saturated carbocycles. The third kappa shape index (κ3) is 3.92. The molecule has 1 N–H and O–H groups in total. The molecule has 2 aliphatic rings. The number of fused-ring (bicyclic) bond motifs is 1. The van der Waals surface area contributed by atoms with Crippen LogP contribution >= 0.6 is 0 Å². The minimum atomic E-state index is 0.00224. The highest BCUT2D eigenvalue weighted by Gasteiger charge is 2.36. The van der Waals surface area contributed by atoms with Crippen LogP contribution < -0.4 is 14.7 Å². The average Bonchev–Trinajstić information content (AvgIpc) is 3.08. The van der Waals surface area contributed by atoms with E-state index in [1.54, 1.807) is 0 Å². The molecule has 5 heteroatoms. The van der Waals surface area contributed by atoms with E-state index >= 15 is 0 Å². The number of hydrogen-bond acceptors (Lipinski definition) is 3. The van der Waals surface area contributed by atoms with Crippen LogP contribution in [0.3, 0.4) is 0 Å². The van der Waals surface area contributed by atoms with Crippen LogP contribution in [0, 0.1) is 13.8 Å². The van der Waals surface area contributed by atoms with Crippen molar-refractivity contribution < 1.29 is 9.69 Å². The zero-order valence-corrected chi connectivity index (χ0v) is 18.7. The monoisotopic (exact) mass is 425 g/mol. The summed E-state index contributed by atoms with van der Waals surface area (Å²) in [6.45, 7) is 8.83. The predicted molar refractivity (Wildman–Crippen MR) is 130 cm³/mol. The number of carbonyl (C=O) groups excluding carboxylic acids is 1. The SMILES string of the molecule is Cc1ccc(N=C2C(=O)N(C[NH+]3CCN(c4ccccc4)CC3)c3ccccc32)cc1C. The summed E-state index contributed by atoms with van der Waals surface area (Å²) in [4.78, 5) is 24.0. The Kier molecular flexibility index (Phi) is 5.50. The Morgan fingerprint density at radius 2 is 1.59 bits per heavy atom. The number of anilines is 2. The molecule has 0 unspecified atom stereocenters. The number of hydrogen-bond donors (Lipinski definition) is 1. The van der Waals surface area contributed by atoms with Gasteiger partial charge in [-0.1, -0.05) is 42.5 Å². The van der Waals surface area contributed by atoms with Crippen LogP contribution in [0.1, 0.15) is 16.7 Å². The van der Waals surface area contributed by atoms with Crippen LogP contribution in [0.5, 0.6) is 0 Å². The number of quaternary nitrogens is 1. The van der Waals surface area contributed by atoms with Crippen LogP contribution in [-0.4, -0.2) is 44.5 Å². The summed E-state index contributed by atoms with van der Waals surface area (Å²) in [5.74, 6) is 0.00224. The summed E-state index contributed by atoms with van der Waals surface area (Å²) in [6.07, 6.45) is 0. The lowest BCUT2D eigenvalue weighted by Gasteiger charge is -2.35. The molecule has 32 heavy (non-hydrogen) atoms.